The first-order valence-corrected chi connectivity index (χ1v) is 16.8. The van der Waals surface area contributed by atoms with E-state index in [1.165, 1.54) is 25.7 Å². The average Bonchev–Trinajstić information content (AvgIpc) is 3.86. The molecule has 10 aromatic rings. The zero-order chi connectivity index (χ0) is 31.6. The summed E-state index contributed by atoms with van der Waals surface area (Å²) in [5.41, 5.74) is 9.67. The number of aromatic nitrogens is 1. The molecule has 0 saturated heterocycles. The largest absolute Gasteiger partial charge is 0.456 e. The molecule has 0 N–H and O–H groups in total. The minimum Gasteiger partial charge on any atom is -0.456 e. The highest BCUT2D eigenvalue weighted by Crippen LogP contribution is 2.46. The molecule has 7 aromatic carbocycles. The number of fused-ring (bicyclic) bond motifs is 7. The molecule has 0 spiro atoms. The smallest absolute Gasteiger partial charge is 0.228 e. The van der Waals surface area contributed by atoms with Crippen LogP contribution in [0.25, 0.3) is 75.8 Å². The molecule has 0 fully saturated rings. The Balaban J connectivity index is 1.19. The third-order valence-corrected chi connectivity index (χ3v) is 10.3. The summed E-state index contributed by atoms with van der Waals surface area (Å²) in [6.45, 7) is 0. The summed E-state index contributed by atoms with van der Waals surface area (Å²) in [5.74, 6) is 0.587. The summed E-state index contributed by atoms with van der Waals surface area (Å²) in [7, 11) is 0. The Morgan fingerprint density at radius 2 is 1.25 bits per heavy atom. The third-order valence-electron chi connectivity index (χ3n) is 9.10. The van der Waals surface area contributed by atoms with Crippen LogP contribution in [0.1, 0.15) is 0 Å². The number of anilines is 3. The van der Waals surface area contributed by atoms with E-state index in [0.717, 1.165) is 61.2 Å². The Bertz CT molecular complexity index is 2780. The maximum Gasteiger partial charge on any atom is 0.228 e. The van der Waals surface area contributed by atoms with Gasteiger partial charge in [0.1, 0.15) is 16.7 Å². The molecule has 10 rings (SSSR count). The van der Waals surface area contributed by atoms with Gasteiger partial charge in [-0.2, -0.15) is 0 Å². The van der Waals surface area contributed by atoms with Gasteiger partial charge in [-0.15, -0.1) is 11.3 Å². The molecule has 4 nitrogen and oxygen atoms in total. The molecule has 0 aliphatic heterocycles. The van der Waals surface area contributed by atoms with E-state index < -0.39 is 0 Å². The van der Waals surface area contributed by atoms with Gasteiger partial charge in [-0.25, -0.2) is 4.98 Å². The molecule has 0 aliphatic carbocycles. The maximum absolute atomic E-state index is 6.59. The van der Waals surface area contributed by atoms with Gasteiger partial charge in [-0.1, -0.05) is 91.0 Å². The first-order valence-electron chi connectivity index (χ1n) is 16.0. The van der Waals surface area contributed by atoms with Crippen LogP contribution >= 0.6 is 11.3 Å². The summed E-state index contributed by atoms with van der Waals surface area (Å²) >= 11 is 1.83. The first kappa shape index (κ1) is 27.0. The summed E-state index contributed by atoms with van der Waals surface area (Å²) in [5, 5.41) is 4.54. The number of oxazole rings is 1. The predicted octanol–water partition coefficient (Wildman–Crippen LogP) is 12.9. The van der Waals surface area contributed by atoms with Gasteiger partial charge in [0.15, 0.2) is 5.58 Å². The lowest BCUT2D eigenvalue weighted by atomic mass is 10.0. The van der Waals surface area contributed by atoms with E-state index >= 15 is 0 Å². The normalized spacial score (nSPS) is 11.8. The van der Waals surface area contributed by atoms with Crippen molar-refractivity contribution in [1.29, 1.82) is 0 Å². The van der Waals surface area contributed by atoms with E-state index in [4.69, 9.17) is 13.8 Å². The Hall–Kier alpha value is -6.17. The van der Waals surface area contributed by atoms with E-state index in [1.807, 2.05) is 47.7 Å². The molecule has 3 heterocycles. The first-order chi connectivity index (χ1) is 23.8. The Kier molecular flexibility index (Phi) is 6.01. The lowest BCUT2D eigenvalue weighted by molar-refractivity contribution is 0.620. The number of para-hydroxylation sites is 2. The lowest BCUT2D eigenvalue weighted by Gasteiger charge is -2.26. The number of furan rings is 1. The molecule has 0 radical (unpaired) electrons. The van der Waals surface area contributed by atoms with Gasteiger partial charge < -0.3 is 13.7 Å². The van der Waals surface area contributed by atoms with Crippen LogP contribution in [-0.2, 0) is 0 Å². The number of rotatable bonds is 5. The monoisotopic (exact) mass is 634 g/mol. The number of hydrogen-bond acceptors (Lipinski definition) is 5. The molecule has 3 aromatic heterocycles. The van der Waals surface area contributed by atoms with Crippen molar-refractivity contribution >= 4 is 81.6 Å². The second kappa shape index (κ2) is 10.7. The van der Waals surface area contributed by atoms with E-state index in [-0.39, 0.29) is 0 Å². The van der Waals surface area contributed by atoms with E-state index in [9.17, 15) is 0 Å². The summed E-state index contributed by atoms with van der Waals surface area (Å²) < 4.78 is 15.3. The van der Waals surface area contributed by atoms with Gasteiger partial charge in [-0.05, 0) is 71.8 Å². The van der Waals surface area contributed by atoms with Crippen molar-refractivity contribution in [1.82, 2.24) is 4.98 Å². The van der Waals surface area contributed by atoms with Crippen LogP contribution in [-0.4, -0.2) is 4.98 Å². The molecule has 0 bridgehead atoms. The number of hydrogen-bond donors (Lipinski definition) is 0. The minimum atomic E-state index is 0.587. The quantitative estimate of drug-likeness (QED) is 0.189. The second-order valence-electron chi connectivity index (χ2n) is 12.0. The highest BCUT2D eigenvalue weighted by Gasteiger charge is 2.21. The SMILES string of the molecule is c1ccc(-c2cccc(N(c3ccc4c(c3)oc3cccc(-c5nc6ccccc6o5)c34)c3cccc4c3sc3ccccc34)c2)cc1. The number of benzene rings is 7. The van der Waals surface area contributed by atoms with E-state index in [0.29, 0.717) is 5.89 Å². The van der Waals surface area contributed by atoms with Gasteiger partial charge in [0.2, 0.25) is 5.89 Å². The fourth-order valence-corrected chi connectivity index (χ4v) is 8.12. The van der Waals surface area contributed by atoms with Gasteiger partial charge in [0, 0.05) is 49.2 Å². The maximum atomic E-state index is 6.59. The van der Waals surface area contributed by atoms with Crippen molar-refractivity contribution in [2.24, 2.45) is 0 Å². The van der Waals surface area contributed by atoms with Crippen molar-refractivity contribution in [2.75, 3.05) is 4.90 Å². The Labute approximate surface area is 279 Å². The van der Waals surface area contributed by atoms with Crippen LogP contribution in [0.3, 0.4) is 0 Å². The lowest BCUT2D eigenvalue weighted by Crippen LogP contribution is -2.10. The molecular weight excluding hydrogens is 609 g/mol. The van der Waals surface area contributed by atoms with Crippen LogP contribution in [0.15, 0.2) is 167 Å². The predicted molar refractivity (Wildman–Crippen MR) is 200 cm³/mol. The van der Waals surface area contributed by atoms with Crippen molar-refractivity contribution in [3.8, 4) is 22.6 Å². The van der Waals surface area contributed by atoms with Crippen LogP contribution < -0.4 is 4.90 Å². The number of thiophene rings is 1. The van der Waals surface area contributed by atoms with Gasteiger partial charge in [0.05, 0.1) is 10.4 Å². The fraction of sp³-hybridized carbons (Fsp3) is 0. The zero-order valence-electron chi connectivity index (χ0n) is 25.6. The van der Waals surface area contributed by atoms with Gasteiger partial charge in [-0.3, -0.25) is 0 Å². The van der Waals surface area contributed by atoms with E-state index in [2.05, 4.69) is 126 Å². The standard InChI is InChI=1S/C43H26N2O2S/c1-2-11-27(12-3-1)28-13-8-14-29(25-28)45(36-19-9-16-32-31-15-4-7-22-40(31)48-42(32)36)30-23-24-33-39(26-30)46-38-21-10-17-34(41(33)38)43-44-35-18-5-6-20-37(35)47-43/h1-26H. The summed E-state index contributed by atoms with van der Waals surface area (Å²) in [4.78, 5) is 7.17. The molecule has 0 saturated carbocycles. The van der Waals surface area contributed by atoms with Crippen molar-refractivity contribution < 1.29 is 8.83 Å². The topological polar surface area (TPSA) is 42.4 Å². The van der Waals surface area contributed by atoms with Crippen LogP contribution in [0.5, 0.6) is 0 Å². The average molecular weight is 635 g/mol. The van der Waals surface area contributed by atoms with Crippen LogP contribution in [0.4, 0.5) is 17.1 Å². The molecular formula is C43H26N2O2S. The van der Waals surface area contributed by atoms with Gasteiger partial charge in [0.25, 0.3) is 0 Å². The Morgan fingerprint density at radius 1 is 0.500 bits per heavy atom. The molecule has 226 valence electrons. The highest BCUT2D eigenvalue weighted by molar-refractivity contribution is 7.26. The van der Waals surface area contributed by atoms with Crippen molar-refractivity contribution in [2.45, 2.75) is 0 Å². The third kappa shape index (κ3) is 4.25. The number of nitrogens with zero attached hydrogens (tertiary/aromatic N) is 2. The summed E-state index contributed by atoms with van der Waals surface area (Å²) in [6.07, 6.45) is 0. The molecule has 5 heteroatoms. The van der Waals surface area contributed by atoms with Crippen molar-refractivity contribution in [3.05, 3.63) is 158 Å². The van der Waals surface area contributed by atoms with Gasteiger partial charge >= 0.3 is 0 Å². The van der Waals surface area contributed by atoms with E-state index in [1.54, 1.807) is 0 Å². The molecule has 0 atom stereocenters. The van der Waals surface area contributed by atoms with Crippen LogP contribution in [0.2, 0.25) is 0 Å². The second-order valence-corrected chi connectivity index (χ2v) is 13.0. The molecule has 0 aliphatic rings. The van der Waals surface area contributed by atoms with Crippen LogP contribution in [0, 0.1) is 0 Å². The minimum absolute atomic E-state index is 0.587. The Morgan fingerprint density at radius 3 is 2.19 bits per heavy atom. The fourth-order valence-electron chi connectivity index (χ4n) is 6.91. The molecule has 0 amide bonds. The molecule has 0 unspecified atom stereocenters. The highest BCUT2D eigenvalue weighted by atomic mass is 32.1. The summed E-state index contributed by atoms with van der Waals surface area (Å²) in [6, 6.07) is 55.0. The molecule has 48 heavy (non-hydrogen) atoms. The zero-order valence-corrected chi connectivity index (χ0v) is 26.4. The van der Waals surface area contributed by atoms with Crippen molar-refractivity contribution in [3.63, 3.8) is 0 Å².